The maximum absolute atomic E-state index is 5.60. The van der Waals surface area contributed by atoms with Crippen molar-refractivity contribution in [3.8, 4) is 0 Å². The van der Waals surface area contributed by atoms with E-state index in [4.69, 9.17) is 4.42 Å². The molecule has 0 unspecified atom stereocenters. The zero-order chi connectivity index (χ0) is 14.3. The van der Waals surface area contributed by atoms with Crippen LogP contribution < -0.4 is 5.32 Å². The summed E-state index contributed by atoms with van der Waals surface area (Å²) in [6.45, 7) is 9.36. The van der Waals surface area contributed by atoms with Crippen LogP contribution in [0.1, 0.15) is 25.2 Å². The van der Waals surface area contributed by atoms with Gasteiger partial charge in [0.05, 0.1) is 12.8 Å². The minimum atomic E-state index is 0.684. The van der Waals surface area contributed by atoms with E-state index in [1.54, 1.807) is 0 Å². The van der Waals surface area contributed by atoms with Crippen LogP contribution in [0.25, 0.3) is 0 Å². The van der Waals surface area contributed by atoms with Crippen molar-refractivity contribution in [1.82, 2.24) is 15.1 Å². The van der Waals surface area contributed by atoms with Crippen molar-refractivity contribution < 1.29 is 4.42 Å². The Labute approximate surface area is 117 Å². The fraction of sp³-hybridized carbons (Fsp3) is 0.733. The predicted octanol–water partition coefficient (Wildman–Crippen LogP) is 2.02. The van der Waals surface area contributed by atoms with E-state index in [1.807, 2.05) is 6.26 Å². The average molecular weight is 267 g/mol. The molecule has 1 rings (SSSR count). The van der Waals surface area contributed by atoms with Crippen LogP contribution in [0, 0.1) is 5.92 Å². The number of nitrogens with one attached hydrogen (secondary N) is 1. The predicted molar refractivity (Wildman–Crippen MR) is 80.1 cm³/mol. The van der Waals surface area contributed by atoms with Gasteiger partial charge in [-0.25, -0.2) is 0 Å². The number of likely N-dealkylation sites (N-methyl/N-ethyl adjacent to an activating group) is 2. The van der Waals surface area contributed by atoms with Crippen molar-refractivity contribution in [2.75, 3.05) is 40.8 Å². The Morgan fingerprint density at radius 1 is 1.21 bits per heavy atom. The Morgan fingerprint density at radius 2 is 1.95 bits per heavy atom. The standard InChI is InChI=1S/C15H29N3O/c1-13(2)9-16-10-14-8-15(19-12-14)11-18(5)7-6-17(3)4/h8,12-13,16H,6-7,9-11H2,1-5H3. The molecule has 0 aliphatic carbocycles. The van der Waals surface area contributed by atoms with Crippen LogP contribution in [0.15, 0.2) is 16.7 Å². The van der Waals surface area contributed by atoms with Crippen LogP contribution in [0.2, 0.25) is 0 Å². The summed E-state index contributed by atoms with van der Waals surface area (Å²) in [5, 5.41) is 3.43. The van der Waals surface area contributed by atoms with Gasteiger partial charge in [0.25, 0.3) is 0 Å². The highest BCUT2D eigenvalue weighted by Crippen LogP contribution is 2.10. The van der Waals surface area contributed by atoms with E-state index in [2.05, 4.69) is 56.2 Å². The Bertz CT molecular complexity index is 347. The van der Waals surface area contributed by atoms with Gasteiger partial charge in [0, 0.05) is 25.2 Å². The van der Waals surface area contributed by atoms with Gasteiger partial charge < -0.3 is 14.6 Å². The first-order valence-corrected chi connectivity index (χ1v) is 7.07. The summed E-state index contributed by atoms with van der Waals surface area (Å²) in [6.07, 6.45) is 1.86. The second-order valence-corrected chi connectivity index (χ2v) is 5.99. The molecule has 4 heteroatoms. The number of hydrogen-bond donors (Lipinski definition) is 1. The lowest BCUT2D eigenvalue weighted by molar-refractivity contribution is 0.258. The molecule has 4 nitrogen and oxygen atoms in total. The molecule has 0 aliphatic heterocycles. The molecule has 0 saturated carbocycles. The lowest BCUT2D eigenvalue weighted by Crippen LogP contribution is -2.28. The van der Waals surface area contributed by atoms with Gasteiger partial charge in [-0.2, -0.15) is 0 Å². The van der Waals surface area contributed by atoms with E-state index in [1.165, 1.54) is 5.56 Å². The molecule has 0 aromatic carbocycles. The van der Waals surface area contributed by atoms with Crippen LogP contribution in [0.4, 0.5) is 0 Å². The average Bonchev–Trinajstić information content (AvgIpc) is 2.73. The van der Waals surface area contributed by atoms with Crippen molar-refractivity contribution in [2.45, 2.75) is 26.9 Å². The highest BCUT2D eigenvalue weighted by molar-refractivity contribution is 5.12. The fourth-order valence-electron chi connectivity index (χ4n) is 1.82. The van der Waals surface area contributed by atoms with Gasteiger partial charge in [-0.05, 0) is 39.7 Å². The summed E-state index contributed by atoms with van der Waals surface area (Å²) in [4.78, 5) is 4.48. The van der Waals surface area contributed by atoms with Crippen LogP contribution in [-0.4, -0.2) is 50.6 Å². The summed E-state index contributed by atoms with van der Waals surface area (Å²) in [7, 11) is 6.32. The number of nitrogens with zero attached hydrogens (tertiary/aromatic N) is 2. The zero-order valence-electron chi connectivity index (χ0n) is 13.1. The molecule has 1 aromatic heterocycles. The molecule has 1 N–H and O–H groups in total. The third-order valence-electron chi connectivity index (χ3n) is 2.94. The zero-order valence-corrected chi connectivity index (χ0v) is 13.1. The Balaban J connectivity index is 2.29. The minimum Gasteiger partial charge on any atom is -0.468 e. The largest absolute Gasteiger partial charge is 0.468 e. The SMILES string of the molecule is CC(C)CNCc1coc(CN(C)CCN(C)C)c1. The fourth-order valence-corrected chi connectivity index (χ4v) is 1.82. The Hall–Kier alpha value is -0.840. The smallest absolute Gasteiger partial charge is 0.118 e. The summed E-state index contributed by atoms with van der Waals surface area (Å²) < 4.78 is 5.60. The van der Waals surface area contributed by atoms with Gasteiger partial charge >= 0.3 is 0 Å². The van der Waals surface area contributed by atoms with Crippen molar-refractivity contribution in [3.63, 3.8) is 0 Å². The topological polar surface area (TPSA) is 31.7 Å². The van der Waals surface area contributed by atoms with Gasteiger partial charge in [0.2, 0.25) is 0 Å². The Kier molecular flexibility index (Phi) is 7.13. The normalized spacial score (nSPS) is 12.0. The Morgan fingerprint density at radius 3 is 2.58 bits per heavy atom. The highest BCUT2D eigenvalue weighted by atomic mass is 16.3. The van der Waals surface area contributed by atoms with Crippen molar-refractivity contribution >= 4 is 0 Å². The van der Waals surface area contributed by atoms with Gasteiger partial charge in [-0.15, -0.1) is 0 Å². The van der Waals surface area contributed by atoms with E-state index in [0.717, 1.165) is 38.5 Å². The lowest BCUT2D eigenvalue weighted by atomic mass is 10.2. The molecule has 0 spiro atoms. The van der Waals surface area contributed by atoms with Crippen molar-refractivity contribution in [1.29, 1.82) is 0 Å². The molecular weight excluding hydrogens is 238 g/mol. The summed E-state index contributed by atoms with van der Waals surface area (Å²) >= 11 is 0. The van der Waals surface area contributed by atoms with E-state index in [0.29, 0.717) is 5.92 Å². The van der Waals surface area contributed by atoms with Gasteiger partial charge in [0.15, 0.2) is 0 Å². The molecule has 1 heterocycles. The maximum Gasteiger partial charge on any atom is 0.118 e. The number of rotatable bonds is 9. The van der Waals surface area contributed by atoms with Crippen LogP contribution >= 0.6 is 0 Å². The molecule has 1 aromatic rings. The lowest BCUT2D eigenvalue weighted by Gasteiger charge is -2.17. The van der Waals surface area contributed by atoms with Crippen LogP contribution in [0.3, 0.4) is 0 Å². The molecule has 0 radical (unpaired) electrons. The van der Waals surface area contributed by atoms with E-state index in [-0.39, 0.29) is 0 Å². The molecule has 0 atom stereocenters. The quantitative estimate of drug-likeness (QED) is 0.742. The number of hydrogen-bond acceptors (Lipinski definition) is 4. The number of furan rings is 1. The first kappa shape index (κ1) is 16.2. The molecule has 0 aliphatic rings. The third kappa shape index (κ3) is 7.35. The summed E-state index contributed by atoms with van der Waals surface area (Å²) in [5.41, 5.74) is 1.23. The monoisotopic (exact) mass is 267 g/mol. The van der Waals surface area contributed by atoms with Gasteiger partial charge in [-0.1, -0.05) is 13.8 Å². The van der Waals surface area contributed by atoms with Crippen molar-refractivity contribution in [3.05, 3.63) is 23.7 Å². The molecule has 19 heavy (non-hydrogen) atoms. The first-order chi connectivity index (χ1) is 8.97. The molecule has 0 bridgehead atoms. The summed E-state index contributed by atoms with van der Waals surface area (Å²) in [5.74, 6) is 1.73. The maximum atomic E-state index is 5.60. The third-order valence-corrected chi connectivity index (χ3v) is 2.94. The van der Waals surface area contributed by atoms with Crippen molar-refractivity contribution in [2.24, 2.45) is 5.92 Å². The van der Waals surface area contributed by atoms with E-state index < -0.39 is 0 Å². The molecule has 0 amide bonds. The molecule has 0 saturated heterocycles. The second-order valence-electron chi connectivity index (χ2n) is 5.99. The molecular formula is C15H29N3O. The second kappa shape index (κ2) is 8.35. The van der Waals surface area contributed by atoms with Crippen LogP contribution in [-0.2, 0) is 13.1 Å². The first-order valence-electron chi connectivity index (χ1n) is 7.07. The summed E-state index contributed by atoms with van der Waals surface area (Å²) in [6, 6.07) is 2.15. The van der Waals surface area contributed by atoms with Gasteiger partial charge in [-0.3, -0.25) is 4.90 Å². The van der Waals surface area contributed by atoms with E-state index in [9.17, 15) is 0 Å². The molecule has 110 valence electrons. The minimum absolute atomic E-state index is 0.684. The van der Waals surface area contributed by atoms with E-state index >= 15 is 0 Å². The van der Waals surface area contributed by atoms with Gasteiger partial charge in [0.1, 0.15) is 5.76 Å². The molecule has 0 fully saturated rings. The highest BCUT2D eigenvalue weighted by Gasteiger charge is 2.06. The van der Waals surface area contributed by atoms with Crippen LogP contribution in [0.5, 0.6) is 0 Å².